The molecule has 1 atom stereocenters. The Morgan fingerprint density at radius 2 is 1.89 bits per heavy atom. The van der Waals surface area contributed by atoms with E-state index in [1.165, 1.54) is 0 Å². The number of nitrogens with zero attached hydrogens (tertiary/aromatic N) is 2. The van der Waals surface area contributed by atoms with E-state index in [2.05, 4.69) is 10.2 Å². The van der Waals surface area contributed by atoms with Crippen molar-refractivity contribution in [3.05, 3.63) is 65.5 Å². The smallest absolute Gasteiger partial charge is 0.338 e. The lowest BCUT2D eigenvalue weighted by Crippen LogP contribution is -2.10. The summed E-state index contributed by atoms with van der Waals surface area (Å²) in [5.41, 5.74) is 2.07. The maximum Gasteiger partial charge on any atom is 0.338 e. The van der Waals surface area contributed by atoms with E-state index in [1.54, 1.807) is 51.5 Å². The molecule has 1 aromatic heterocycles. The monoisotopic (exact) mass is 368 g/mol. The van der Waals surface area contributed by atoms with Crippen molar-refractivity contribution in [1.29, 1.82) is 0 Å². The third-order valence-corrected chi connectivity index (χ3v) is 3.88. The molecular weight excluding hydrogens is 348 g/mol. The van der Waals surface area contributed by atoms with Gasteiger partial charge in [0.1, 0.15) is 5.75 Å². The second-order valence-corrected chi connectivity index (χ2v) is 5.85. The molecule has 0 bridgehead atoms. The van der Waals surface area contributed by atoms with E-state index >= 15 is 0 Å². The van der Waals surface area contributed by atoms with Crippen molar-refractivity contribution in [3.8, 4) is 17.2 Å². The van der Waals surface area contributed by atoms with Gasteiger partial charge in [-0.3, -0.25) is 0 Å². The molecule has 0 saturated carbocycles. The molecule has 7 nitrogen and oxygen atoms in total. The fourth-order valence-corrected chi connectivity index (χ4v) is 2.48. The van der Waals surface area contributed by atoms with Crippen LogP contribution in [0.5, 0.6) is 5.75 Å². The van der Waals surface area contributed by atoms with Crippen LogP contribution >= 0.6 is 0 Å². The first-order valence-corrected chi connectivity index (χ1v) is 8.37. The summed E-state index contributed by atoms with van der Waals surface area (Å²) in [7, 11) is 3.20. The standard InChI is InChI=1S/C20H20N2O5/c1-13(26-20(23)16-6-4-5-14(11-16)12-24-2)18-21-22-19(27-18)15-7-9-17(25-3)10-8-15/h4-11,13H,12H2,1-3H3. The van der Waals surface area contributed by atoms with Crippen LogP contribution in [-0.2, 0) is 16.1 Å². The fourth-order valence-electron chi connectivity index (χ4n) is 2.48. The van der Waals surface area contributed by atoms with Crippen LogP contribution in [0.4, 0.5) is 0 Å². The molecular formula is C20H20N2O5. The molecule has 140 valence electrons. The van der Waals surface area contributed by atoms with Gasteiger partial charge in [0.15, 0.2) is 6.10 Å². The average molecular weight is 368 g/mol. The van der Waals surface area contributed by atoms with Gasteiger partial charge < -0.3 is 18.6 Å². The normalized spacial score (nSPS) is 11.8. The zero-order chi connectivity index (χ0) is 19.2. The number of ether oxygens (including phenoxy) is 3. The van der Waals surface area contributed by atoms with Crippen LogP contribution in [0.3, 0.4) is 0 Å². The Bertz CT molecular complexity index is 905. The lowest BCUT2D eigenvalue weighted by molar-refractivity contribution is 0.0279. The maximum absolute atomic E-state index is 12.4. The number of benzene rings is 2. The first kappa shape index (κ1) is 18.6. The minimum atomic E-state index is -0.678. The molecule has 0 aliphatic heterocycles. The molecule has 1 unspecified atom stereocenters. The summed E-state index contributed by atoms with van der Waals surface area (Å²) < 4.78 is 21.3. The highest BCUT2D eigenvalue weighted by Crippen LogP contribution is 2.24. The number of carbonyl (C=O) groups is 1. The van der Waals surface area contributed by atoms with Crippen molar-refractivity contribution in [1.82, 2.24) is 10.2 Å². The Labute approximate surface area is 156 Å². The van der Waals surface area contributed by atoms with E-state index in [0.29, 0.717) is 18.1 Å². The number of aromatic nitrogens is 2. The van der Waals surface area contributed by atoms with E-state index < -0.39 is 12.1 Å². The van der Waals surface area contributed by atoms with Gasteiger partial charge >= 0.3 is 5.97 Å². The minimum Gasteiger partial charge on any atom is -0.497 e. The number of methoxy groups -OCH3 is 2. The summed E-state index contributed by atoms with van der Waals surface area (Å²) in [6.07, 6.45) is -0.678. The third-order valence-electron chi connectivity index (χ3n) is 3.88. The molecule has 0 N–H and O–H groups in total. The molecule has 0 aliphatic rings. The van der Waals surface area contributed by atoms with Crippen molar-refractivity contribution < 1.29 is 23.4 Å². The number of esters is 1. The van der Waals surface area contributed by atoms with Gasteiger partial charge in [-0.1, -0.05) is 12.1 Å². The lowest BCUT2D eigenvalue weighted by Gasteiger charge is -2.10. The van der Waals surface area contributed by atoms with Crippen molar-refractivity contribution in [3.63, 3.8) is 0 Å². The van der Waals surface area contributed by atoms with E-state index in [0.717, 1.165) is 16.9 Å². The molecule has 0 amide bonds. The molecule has 0 aliphatic carbocycles. The Balaban J connectivity index is 1.69. The van der Waals surface area contributed by atoms with Crippen LogP contribution in [0, 0.1) is 0 Å². The SMILES string of the molecule is COCc1cccc(C(=O)OC(C)c2nnc(-c3ccc(OC)cc3)o2)c1. The van der Waals surface area contributed by atoms with Gasteiger partial charge in [0.05, 0.1) is 19.3 Å². The van der Waals surface area contributed by atoms with Crippen LogP contribution in [0.15, 0.2) is 52.9 Å². The van der Waals surface area contributed by atoms with Gasteiger partial charge in [0.25, 0.3) is 5.89 Å². The number of hydrogen-bond donors (Lipinski definition) is 0. The summed E-state index contributed by atoms with van der Waals surface area (Å²) in [6.45, 7) is 2.10. The predicted octanol–water partition coefficient (Wildman–Crippen LogP) is 3.81. The number of carbonyl (C=O) groups excluding carboxylic acids is 1. The highest BCUT2D eigenvalue weighted by Gasteiger charge is 2.20. The van der Waals surface area contributed by atoms with Gasteiger partial charge in [-0.25, -0.2) is 4.79 Å². The molecule has 2 aromatic carbocycles. The van der Waals surface area contributed by atoms with Crippen LogP contribution in [0.25, 0.3) is 11.5 Å². The third kappa shape index (κ3) is 4.51. The van der Waals surface area contributed by atoms with E-state index in [-0.39, 0.29) is 5.89 Å². The second-order valence-electron chi connectivity index (χ2n) is 5.85. The first-order valence-electron chi connectivity index (χ1n) is 8.37. The number of rotatable bonds is 7. The van der Waals surface area contributed by atoms with Gasteiger partial charge in [-0.15, -0.1) is 10.2 Å². The molecule has 0 radical (unpaired) electrons. The fraction of sp³-hybridized carbons (Fsp3) is 0.250. The predicted molar refractivity (Wildman–Crippen MR) is 97.3 cm³/mol. The van der Waals surface area contributed by atoms with Gasteiger partial charge in [-0.2, -0.15) is 0 Å². The summed E-state index contributed by atoms with van der Waals surface area (Å²) >= 11 is 0. The van der Waals surface area contributed by atoms with Crippen LogP contribution < -0.4 is 4.74 Å². The van der Waals surface area contributed by atoms with Crippen LogP contribution in [0.2, 0.25) is 0 Å². The summed E-state index contributed by atoms with van der Waals surface area (Å²) in [4.78, 5) is 12.4. The molecule has 3 aromatic rings. The Kier molecular flexibility index (Phi) is 5.83. The summed E-state index contributed by atoms with van der Waals surface area (Å²) in [5.74, 6) is 0.834. The van der Waals surface area contributed by atoms with E-state index in [9.17, 15) is 4.79 Å². The van der Waals surface area contributed by atoms with Gasteiger partial charge in [0.2, 0.25) is 5.89 Å². The molecule has 1 heterocycles. The highest BCUT2D eigenvalue weighted by molar-refractivity contribution is 5.89. The largest absolute Gasteiger partial charge is 0.497 e. The molecule has 3 rings (SSSR count). The average Bonchev–Trinajstić information content (AvgIpc) is 3.19. The van der Waals surface area contributed by atoms with Crippen molar-refractivity contribution >= 4 is 5.97 Å². The van der Waals surface area contributed by atoms with E-state index in [1.807, 2.05) is 18.2 Å². The highest BCUT2D eigenvalue weighted by atomic mass is 16.6. The zero-order valence-corrected chi connectivity index (χ0v) is 15.3. The Morgan fingerprint density at radius 1 is 1.11 bits per heavy atom. The second kappa shape index (κ2) is 8.46. The topological polar surface area (TPSA) is 83.7 Å². The van der Waals surface area contributed by atoms with E-state index in [4.69, 9.17) is 18.6 Å². The van der Waals surface area contributed by atoms with Crippen molar-refractivity contribution in [2.75, 3.05) is 14.2 Å². The van der Waals surface area contributed by atoms with Gasteiger partial charge in [-0.05, 0) is 48.9 Å². The van der Waals surface area contributed by atoms with Crippen LogP contribution in [0.1, 0.15) is 34.8 Å². The number of hydrogen-bond acceptors (Lipinski definition) is 7. The quantitative estimate of drug-likeness (QED) is 0.586. The van der Waals surface area contributed by atoms with Crippen molar-refractivity contribution in [2.45, 2.75) is 19.6 Å². The Hall–Kier alpha value is -3.19. The molecule has 0 spiro atoms. The lowest BCUT2D eigenvalue weighted by atomic mass is 10.1. The minimum absolute atomic E-state index is 0.224. The summed E-state index contributed by atoms with van der Waals surface area (Å²) in [6, 6.07) is 14.3. The van der Waals surface area contributed by atoms with Crippen molar-refractivity contribution in [2.24, 2.45) is 0 Å². The Morgan fingerprint density at radius 3 is 2.59 bits per heavy atom. The maximum atomic E-state index is 12.4. The zero-order valence-electron chi connectivity index (χ0n) is 15.3. The molecule has 27 heavy (non-hydrogen) atoms. The summed E-state index contributed by atoms with van der Waals surface area (Å²) in [5, 5.41) is 8.00. The molecule has 0 fully saturated rings. The van der Waals surface area contributed by atoms with Gasteiger partial charge in [0, 0.05) is 12.7 Å². The first-order chi connectivity index (χ1) is 13.1. The molecule has 7 heteroatoms. The molecule has 0 saturated heterocycles. The van der Waals surface area contributed by atoms with Crippen LogP contribution in [-0.4, -0.2) is 30.4 Å².